The lowest BCUT2D eigenvalue weighted by molar-refractivity contribution is -0.121. The molecule has 0 bridgehead atoms. The number of likely N-dealkylation sites (N-methyl/N-ethyl adjacent to an activating group) is 1. The van der Waals surface area contributed by atoms with E-state index in [2.05, 4.69) is 15.7 Å². The van der Waals surface area contributed by atoms with Gasteiger partial charge in [0.15, 0.2) is 0 Å². The van der Waals surface area contributed by atoms with Crippen molar-refractivity contribution in [3.63, 3.8) is 0 Å². The van der Waals surface area contributed by atoms with Gasteiger partial charge < -0.3 is 10.6 Å². The van der Waals surface area contributed by atoms with Crippen LogP contribution in [0.3, 0.4) is 0 Å². The summed E-state index contributed by atoms with van der Waals surface area (Å²) in [7, 11) is 1.71. The molecule has 8 heteroatoms. The Morgan fingerprint density at radius 3 is 2.71 bits per heavy atom. The number of nitrogens with zero attached hydrogens (tertiary/aromatic N) is 2. The van der Waals surface area contributed by atoms with E-state index in [1.165, 1.54) is 12.1 Å². The Bertz CT molecular complexity index is 715. The first-order valence-electron chi connectivity index (χ1n) is 7.55. The second-order valence-electron chi connectivity index (χ2n) is 5.63. The predicted molar refractivity (Wildman–Crippen MR) is 88.5 cm³/mol. The van der Waals surface area contributed by atoms with Crippen molar-refractivity contribution < 1.29 is 13.6 Å². The van der Waals surface area contributed by atoms with Crippen LogP contribution in [0.2, 0.25) is 0 Å². The van der Waals surface area contributed by atoms with Crippen LogP contribution < -0.4 is 10.6 Å². The topological polar surface area (TPSA) is 59.0 Å². The first kappa shape index (κ1) is 18.4. The highest BCUT2D eigenvalue weighted by Crippen LogP contribution is 2.31. The summed E-state index contributed by atoms with van der Waals surface area (Å²) in [5.41, 5.74) is 2.15. The van der Waals surface area contributed by atoms with Crippen molar-refractivity contribution in [2.24, 2.45) is 0 Å². The molecule has 130 valence electrons. The van der Waals surface area contributed by atoms with Gasteiger partial charge in [-0.25, -0.2) is 13.5 Å². The molecule has 5 nitrogen and oxygen atoms in total. The Kier molecular flexibility index (Phi) is 5.90. The van der Waals surface area contributed by atoms with Crippen LogP contribution in [-0.2, 0) is 11.2 Å². The van der Waals surface area contributed by atoms with Crippen molar-refractivity contribution in [2.45, 2.75) is 25.3 Å². The van der Waals surface area contributed by atoms with Crippen LogP contribution in [0.5, 0.6) is 0 Å². The fourth-order valence-corrected chi connectivity index (χ4v) is 3.00. The molecular formula is C16H19ClF2N4O. The van der Waals surface area contributed by atoms with Gasteiger partial charge >= 0.3 is 0 Å². The number of benzene rings is 1. The summed E-state index contributed by atoms with van der Waals surface area (Å²) in [6.07, 6.45) is 4.13. The largest absolute Gasteiger partial charge is 0.348 e. The third-order valence-electron chi connectivity index (χ3n) is 3.95. The molecule has 1 atom stereocenters. The molecule has 0 aliphatic heterocycles. The number of carbonyl (C=O) groups is 1. The zero-order valence-corrected chi connectivity index (χ0v) is 14.0. The molecule has 0 fully saturated rings. The highest BCUT2D eigenvalue weighted by Gasteiger charge is 2.26. The number of carbonyl (C=O) groups excluding carboxylic acids is 1. The van der Waals surface area contributed by atoms with E-state index < -0.39 is 11.6 Å². The second kappa shape index (κ2) is 7.72. The van der Waals surface area contributed by atoms with Gasteiger partial charge in [0.25, 0.3) is 0 Å². The van der Waals surface area contributed by atoms with Gasteiger partial charge in [0.05, 0.1) is 24.5 Å². The first-order chi connectivity index (χ1) is 11.1. The van der Waals surface area contributed by atoms with E-state index in [0.29, 0.717) is 5.69 Å². The normalized spacial score (nSPS) is 16.2. The third kappa shape index (κ3) is 3.73. The monoisotopic (exact) mass is 356 g/mol. The van der Waals surface area contributed by atoms with Crippen LogP contribution in [0.1, 0.15) is 30.1 Å². The Morgan fingerprint density at radius 1 is 1.33 bits per heavy atom. The molecular weight excluding hydrogens is 338 g/mol. The molecule has 1 aliphatic carbocycles. The highest BCUT2D eigenvalue weighted by atomic mass is 35.5. The van der Waals surface area contributed by atoms with Crippen LogP contribution in [0, 0.1) is 11.6 Å². The number of fused-ring (bicyclic) bond motifs is 1. The summed E-state index contributed by atoms with van der Waals surface area (Å²) < 4.78 is 28.4. The minimum atomic E-state index is -0.640. The number of rotatable bonds is 4. The van der Waals surface area contributed by atoms with E-state index in [1.54, 1.807) is 17.9 Å². The number of amides is 1. The number of halogens is 3. The molecule has 1 heterocycles. The highest BCUT2D eigenvalue weighted by molar-refractivity contribution is 5.85. The standard InChI is InChI=1S/C16H18F2N4O.ClH/c1-19-9-16(23)21-14-3-2-4-15-13(14)8-20-22(15)12-6-10(17)5-11(18)7-12;/h5-8,14,19H,2-4,9H2,1H3,(H,21,23);1H. The molecule has 1 aliphatic rings. The summed E-state index contributed by atoms with van der Waals surface area (Å²) in [5, 5.41) is 10.0. The fourth-order valence-electron chi connectivity index (χ4n) is 3.00. The molecule has 1 aromatic heterocycles. The van der Waals surface area contributed by atoms with Crippen molar-refractivity contribution in [3.8, 4) is 5.69 Å². The maximum atomic E-state index is 13.4. The van der Waals surface area contributed by atoms with Gasteiger partial charge in [-0.05, 0) is 38.4 Å². The lowest BCUT2D eigenvalue weighted by atomic mass is 9.93. The molecule has 0 saturated carbocycles. The van der Waals surface area contributed by atoms with Crippen LogP contribution in [0.4, 0.5) is 8.78 Å². The Morgan fingerprint density at radius 2 is 2.04 bits per heavy atom. The molecule has 1 amide bonds. The average Bonchev–Trinajstić information content (AvgIpc) is 2.91. The zero-order valence-electron chi connectivity index (χ0n) is 13.2. The maximum Gasteiger partial charge on any atom is 0.234 e. The van der Waals surface area contributed by atoms with Gasteiger partial charge in [-0.1, -0.05) is 0 Å². The summed E-state index contributed by atoms with van der Waals surface area (Å²) >= 11 is 0. The third-order valence-corrected chi connectivity index (χ3v) is 3.95. The van der Waals surface area contributed by atoms with Gasteiger partial charge in [0.2, 0.25) is 5.91 Å². The van der Waals surface area contributed by atoms with Crippen LogP contribution in [0.15, 0.2) is 24.4 Å². The lowest BCUT2D eigenvalue weighted by Gasteiger charge is -2.24. The van der Waals surface area contributed by atoms with Crippen molar-refractivity contribution in [2.75, 3.05) is 13.6 Å². The Balaban J connectivity index is 0.00000208. The fraction of sp³-hybridized carbons (Fsp3) is 0.375. The van der Waals surface area contributed by atoms with E-state index in [1.807, 2.05) is 0 Å². The van der Waals surface area contributed by atoms with Gasteiger partial charge in [-0.3, -0.25) is 4.79 Å². The van der Waals surface area contributed by atoms with E-state index in [4.69, 9.17) is 0 Å². The van der Waals surface area contributed by atoms with Gasteiger partial charge in [-0.2, -0.15) is 5.10 Å². The smallest absolute Gasteiger partial charge is 0.234 e. The number of hydrogen-bond acceptors (Lipinski definition) is 3. The van der Waals surface area contributed by atoms with Crippen LogP contribution >= 0.6 is 12.4 Å². The summed E-state index contributed by atoms with van der Waals surface area (Å²) in [6, 6.07) is 3.21. The molecule has 3 rings (SSSR count). The van der Waals surface area contributed by atoms with Crippen molar-refractivity contribution in [3.05, 3.63) is 47.3 Å². The van der Waals surface area contributed by atoms with Gasteiger partial charge in [0, 0.05) is 17.3 Å². The summed E-state index contributed by atoms with van der Waals surface area (Å²) in [5.74, 6) is -1.37. The van der Waals surface area contributed by atoms with E-state index >= 15 is 0 Å². The number of aromatic nitrogens is 2. The minimum Gasteiger partial charge on any atom is -0.348 e. The maximum absolute atomic E-state index is 13.4. The number of nitrogens with one attached hydrogen (secondary N) is 2. The number of hydrogen-bond donors (Lipinski definition) is 2. The molecule has 1 aromatic carbocycles. The Hall–Kier alpha value is -1.99. The van der Waals surface area contributed by atoms with Crippen LogP contribution in [0.25, 0.3) is 5.69 Å². The van der Waals surface area contributed by atoms with Gasteiger partial charge in [-0.15, -0.1) is 12.4 Å². The summed E-state index contributed by atoms with van der Waals surface area (Å²) in [6.45, 7) is 0.245. The van der Waals surface area contributed by atoms with E-state index in [0.717, 1.165) is 36.6 Å². The quantitative estimate of drug-likeness (QED) is 0.883. The molecule has 2 aromatic rings. The zero-order chi connectivity index (χ0) is 16.4. The SMILES string of the molecule is CNCC(=O)NC1CCCc2c1cnn2-c1cc(F)cc(F)c1.Cl. The lowest BCUT2D eigenvalue weighted by Crippen LogP contribution is -2.36. The second-order valence-corrected chi connectivity index (χ2v) is 5.63. The van der Waals surface area contributed by atoms with Crippen LogP contribution in [-0.4, -0.2) is 29.3 Å². The Labute approximate surface area is 144 Å². The van der Waals surface area contributed by atoms with E-state index in [9.17, 15) is 13.6 Å². The molecule has 1 unspecified atom stereocenters. The van der Waals surface area contributed by atoms with Crippen molar-refractivity contribution in [1.82, 2.24) is 20.4 Å². The average molecular weight is 357 g/mol. The van der Waals surface area contributed by atoms with E-state index in [-0.39, 0.29) is 30.9 Å². The molecule has 24 heavy (non-hydrogen) atoms. The molecule has 0 radical (unpaired) electrons. The molecule has 0 spiro atoms. The molecule has 2 N–H and O–H groups in total. The summed E-state index contributed by atoms with van der Waals surface area (Å²) in [4.78, 5) is 11.8. The van der Waals surface area contributed by atoms with Crippen molar-refractivity contribution >= 4 is 18.3 Å². The van der Waals surface area contributed by atoms with Crippen molar-refractivity contribution in [1.29, 1.82) is 0 Å². The molecule has 0 saturated heterocycles. The van der Waals surface area contributed by atoms with Gasteiger partial charge in [0.1, 0.15) is 11.6 Å². The first-order valence-corrected chi connectivity index (χ1v) is 7.55. The predicted octanol–water partition coefficient (Wildman–Crippen LogP) is 2.29. The minimum absolute atomic E-state index is 0.